The molecule has 0 spiro atoms. The van der Waals surface area contributed by atoms with Gasteiger partial charge in [0.15, 0.2) is 11.6 Å². The summed E-state index contributed by atoms with van der Waals surface area (Å²) in [5, 5.41) is 5.43. The first kappa shape index (κ1) is 23.6. The Morgan fingerprint density at radius 1 is 1.17 bits per heavy atom. The fourth-order valence-corrected chi connectivity index (χ4v) is 3.38. The van der Waals surface area contributed by atoms with Crippen molar-refractivity contribution in [3.63, 3.8) is 0 Å². The van der Waals surface area contributed by atoms with Crippen molar-refractivity contribution < 1.29 is 27.9 Å². The van der Waals surface area contributed by atoms with Gasteiger partial charge in [-0.3, -0.25) is 9.59 Å². The highest BCUT2D eigenvalue weighted by molar-refractivity contribution is 5.76. The summed E-state index contributed by atoms with van der Waals surface area (Å²) in [5.41, 5.74) is 0.491. The van der Waals surface area contributed by atoms with Crippen molar-refractivity contribution in [1.82, 2.24) is 15.5 Å². The molecule has 0 aromatic heterocycles. The van der Waals surface area contributed by atoms with E-state index in [2.05, 4.69) is 10.6 Å². The summed E-state index contributed by atoms with van der Waals surface area (Å²) in [6.45, 7) is 3.61. The second kappa shape index (κ2) is 12.1. The Morgan fingerprint density at radius 2 is 1.97 bits per heavy atom. The number of carbonyl (C=O) groups excluding carboxylic acids is 3. The van der Waals surface area contributed by atoms with Crippen LogP contribution in [0.1, 0.15) is 44.6 Å². The van der Waals surface area contributed by atoms with E-state index in [4.69, 9.17) is 4.74 Å². The molecule has 1 aromatic carbocycles. The smallest absolute Gasteiger partial charge is 0.317 e. The number of esters is 1. The van der Waals surface area contributed by atoms with Crippen molar-refractivity contribution in [2.24, 2.45) is 5.92 Å². The van der Waals surface area contributed by atoms with Gasteiger partial charge in [0.05, 0.1) is 13.0 Å². The molecule has 0 radical (unpaired) electrons. The van der Waals surface area contributed by atoms with Crippen LogP contribution in [0.2, 0.25) is 0 Å². The van der Waals surface area contributed by atoms with Gasteiger partial charge in [-0.25, -0.2) is 13.6 Å². The minimum Gasteiger partial charge on any atom is -0.466 e. The molecule has 9 heteroatoms. The predicted octanol–water partition coefficient (Wildman–Crippen LogP) is 2.74. The van der Waals surface area contributed by atoms with E-state index < -0.39 is 11.6 Å². The molecule has 1 aliphatic heterocycles. The molecule has 7 nitrogen and oxygen atoms in total. The second-order valence-corrected chi connectivity index (χ2v) is 7.31. The lowest BCUT2D eigenvalue weighted by Crippen LogP contribution is -2.46. The highest BCUT2D eigenvalue weighted by Gasteiger charge is 2.24. The highest BCUT2D eigenvalue weighted by Crippen LogP contribution is 2.21. The van der Waals surface area contributed by atoms with Gasteiger partial charge in [0, 0.05) is 32.6 Å². The standard InChI is InChI=1S/C21H29F2N3O4/c1-2-30-20(28)9-10-24-21(29)26-11-3-4-15(14-26)6-8-19(27)25-13-16-5-7-17(22)18(23)12-16/h5,7,12,15H,2-4,6,8-11,13-14H2,1H3,(H,24,29)(H,25,27). The van der Waals surface area contributed by atoms with Gasteiger partial charge in [-0.2, -0.15) is 0 Å². The van der Waals surface area contributed by atoms with Crippen molar-refractivity contribution >= 4 is 17.9 Å². The number of hydrogen-bond acceptors (Lipinski definition) is 4. The van der Waals surface area contributed by atoms with Crippen LogP contribution in [-0.2, 0) is 20.9 Å². The number of amides is 3. The molecule has 1 saturated heterocycles. The number of hydrogen-bond donors (Lipinski definition) is 2. The van der Waals surface area contributed by atoms with Gasteiger partial charge < -0.3 is 20.3 Å². The third kappa shape index (κ3) is 7.96. The van der Waals surface area contributed by atoms with Crippen molar-refractivity contribution in [2.75, 3.05) is 26.2 Å². The fraction of sp³-hybridized carbons (Fsp3) is 0.571. The molecule has 0 saturated carbocycles. The lowest BCUT2D eigenvalue weighted by Gasteiger charge is -2.32. The Hall–Kier alpha value is -2.71. The summed E-state index contributed by atoms with van der Waals surface area (Å²) in [6.07, 6.45) is 2.85. The number of carbonyl (C=O) groups is 3. The van der Waals surface area contributed by atoms with Gasteiger partial charge in [0.1, 0.15) is 0 Å². The van der Waals surface area contributed by atoms with Crippen LogP contribution < -0.4 is 10.6 Å². The predicted molar refractivity (Wildman–Crippen MR) is 106 cm³/mol. The number of halogens is 2. The van der Waals surface area contributed by atoms with Crippen molar-refractivity contribution in [2.45, 2.75) is 45.6 Å². The van der Waals surface area contributed by atoms with E-state index in [0.717, 1.165) is 25.0 Å². The molecule has 1 aliphatic rings. The average molecular weight is 425 g/mol. The summed E-state index contributed by atoms with van der Waals surface area (Å²) < 4.78 is 31.0. The summed E-state index contributed by atoms with van der Waals surface area (Å²) in [4.78, 5) is 37.4. The number of ether oxygens (including phenoxy) is 1. The van der Waals surface area contributed by atoms with E-state index in [0.29, 0.717) is 38.1 Å². The number of likely N-dealkylation sites (tertiary alicyclic amines) is 1. The fourth-order valence-electron chi connectivity index (χ4n) is 3.38. The molecule has 0 bridgehead atoms. The van der Waals surface area contributed by atoms with Crippen molar-refractivity contribution in [3.8, 4) is 0 Å². The van der Waals surface area contributed by atoms with Crippen LogP contribution in [-0.4, -0.2) is 49.0 Å². The lowest BCUT2D eigenvalue weighted by molar-refractivity contribution is -0.142. The topological polar surface area (TPSA) is 87.7 Å². The van der Waals surface area contributed by atoms with Crippen LogP contribution in [0.4, 0.5) is 13.6 Å². The van der Waals surface area contributed by atoms with Gasteiger partial charge in [-0.15, -0.1) is 0 Å². The molecular weight excluding hydrogens is 396 g/mol. The third-order valence-electron chi connectivity index (χ3n) is 4.97. The molecule has 1 unspecified atom stereocenters. The van der Waals surface area contributed by atoms with Gasteiger partial charge in [0.2, 0.25) is 5.91 Å². The Labute approximate surface area is 175 Å². The minimum absolute atomic E-state index is 0.134. The second-order valence-electron chi connectivity index (χ2n) is 7.31. The first-order chi connectivity index (χ1) is 14.4. The van der Waals surface area contributed by atoms with Crippen molar-refractivity contribution in [3.05, 3.63) is 35.4 Å². The van der Waals surface area contributed by atoms with Crippen LogP contribution in [0.3, 0.4) is 0 Å². The van der Waals surface area contributed by atoms with Gasteiger partial charge in [0.25, 0.3) is 0 Å². The first-order valence-electron chi connectivity index (χ1n) is 10.3. The van der Waals surface area contributed by atoms with Gasteiger partial charge in [-0.1, -0.05) is 6.07 Å². The zero-order chi connectivity index (χ0) is 21.9. The zero-order valence-corrected chi connectivity index (χ0v) is 17.2. The van der Waals surface area contributed by atoms with E-state index in [9.17, 15) is 23.2 Å². The van der Waals surface area contributed by atoms with E-state index >= 15 is 0 Å². The quantitative estimate of drug-likeness (QED) is 0.596. The number of nitrogens with zero attached hydrogens (tertiary/aromatic N) is 1. The summed E-state index contributed by atoms with van der Waals surface area (Å²) >= 11 is 0. The largest absolute Gasteiger partial charge is 0.466 e. The Balaban J connectivity index is 1.67. The maximum atomic E-state index is 13.2. The molecule has 1 aromatic rings. The van der Waals surface area contributed by atoms with E-state index in [1.54, 1.807) is 11.8 Å². The summed E-state index contributed by atoms with van der Waals surface area (Å²) in [5.74, 6) is -2.16. The molecular formula is C21H29F2N3O4. The lowest BCUT2D eigenvalue weighted by atomic mass is 9.93. The van der Waals surface area contributed by atoms with Crippen LogP contribution in [0, 0.1) is 17.6 Å². The van der Waals surface area contributed by atoms with Crippen molar-refractivity contribution in [1.29, 1.82) is 0 Å². The van der Waals surface area contributed by atoms with Crippen LogP contribution in [0.15, 0.2) is 18.2 Å². The van der Waals surface area contributed by atoms with Crippen LogP contribution in [0.5, 0.6) is 0 Å². The number of urea groups is 1. The molecule has 1 atom stereocenters. The van der Waals surface area contributed by atoms with E-state index in [1.165, 1.54) is 6.07 Å². The molecule has 0 aliphatic carbocycles. The Morgan fingerprint density at radius 3 is 2.70 bits per heavy atom. The van der Waals surface area contributed by atoms with E-state index in [1.807, 2.05) is 0 Å². The number of nitrogens with one attached hydrogen (secondary N) is 2. The maximum absolute atomic E-state index is 13.2. The Kier molecular flexibility index (Phi) is 9.50. The van der Waals surface area contributed by atoms with E-state index in [-0.39, 0.29) is 43.3 Å². The molecule has 30 heavy (non-hydrogen) atoms. The number of benzene rings is 1. The van der Waals surface area contributed by atoms with Crippen LogP contribution in [0.25, 0.3) is 0 Å². The molecule has 1 heterocycles. The highest BCUT2D eigenvalue weighted by atomic mass is 19.2. The average Bonchev–Trinajstić information content (AvgIpc) is 2.73. The molecule has 3 amide bonds. The normalized spacial score (nSPS) is 16.1. The summed E-state index contributed by atoms with van der Waals surface area (Å²) in [7, 11) is 0. The minimum atomic E-state index is -0.940. The van der Waals surface area contributed by atoms with Crippen LogP contribution >= 0.6 is 0 Å². The number of rotatable bonds is 9. The molecule has 1 fully saturated rings. The summed E-state index contributed by atoms with van der Waals surface area (Å²) in [6, 6.07) is 3.31. The van der Waals surface area contributed by atoms with Gasteiger partial charge in [-0.05, 0) is 49.8 Å². The Bertz CT molecular complexity index is 745. The van der Waals surface area contributed by atoms with Gasteiger partial charge >= 0.3 is 12.0 Å². The SMILES string of the molecule is CCOC(=O)CCNC(=O)N1CCCC(CCC(=O)NCc2ccc(F)c(F)c2)C1. The zero-order valence-electron chi connectivity index (χ0n) is 17.2. The third-order valence-corrected chi connectivity index (χ3v) is 4.97. The molecule has 2 N–H and O–H groups in total. The maximum Gasteiger partial charge on any atom is 0.317 e. The first-order valence-corrected chi connectivity index (χ1v) is 10.3. The number of piperidine rings is 1. The molecule has 166 valence electrons. The molecule has 2 rings (SSSR count). The monoisotopic (exact) mass is 425 g/mol.